The molecule has 0 saturated heterocycles. The fourth-order valence-corrected chi connectivity index (χ4v) is 2.17. The summed E-state index contributed by atoms with van der Waals surface area (Å²) < 4.78 is 0. The third kappa shape index (κ3) is 5.10. The highest BCUT2D eigenvalue weighted by molar-refractivity contribution is 5.96. The summed E-state index contributed by atoms with van der Waals surface area (Å²) in [5, 5.41) is 17.7. The molecule has 2 aromatic carbocycles. The van der Waals surface area contributed by atoms with Crippen LogP contribution >= 0.6 is 0 Å². The molecule has 0 aliphatic rings. The molecule has 6 nitrogen and oxygen atoms in total. The van der Waals surface area contributed by atoms with Gasteiger partial charge in [-0.15, -0.1) is 0 Å². The Kier molecular flexibility index (Phi) is 5.92. The number of anilines is 3. The van der Waals surface area contributed by atoms with Crippen molar-refractivity contribution in [2.75, 3.05) is 16.0 Å². The fraction of sp³-hybridized carbons (Fsp3) is 0.222. The predicted octanol–water partition coefficient (Wildman–Crippen LogP) is 2.58. The van der Waals surface area contributed by atoms with Gasteiger partial charge in [0.25, 0.3) is 0 Å². The largest absolute Gasteiger partial charge is 0.392 e. The standard InChI is InChI=1S/C18H21N3O3/c1-12(19-17-5-3-4-14(10-17)11-22)18(24)21-16-8-6-15(7-9-16)20-13(2)23/h3-10,12,19,22H,11H2,1-2H3,(H,20,23)(H,21,24)/t12-/m1/s1. The van der Waals surface area contributed by atoms with E-state index in [0.717, 1.165) is 11.3 Å². The molecule has 2 rings (SSSR count). The van der Waals surface area contributed by atoms with E-state index in [1.807, 2.05) is 18.2 Å². The predicted molar refractivity (Wildman–Crippen MR) is 94.8 cm³/mol. The van der Waals surface area contributed by atoms with Crippen molar-refractivity contribution in [3.63, 3.8) is 0 Å². The zero-order valence-corrected chi connectivity index (χ0v) is 13.7. The Morgan fingerprint density at radius 3 is 2.21 bits per heavy atom. The van der Waals surface area contributed by atoms with Crippen molar-refractivity contribution >= 4 is 28.9 Å². The van der Waals surface area contributed by atoms with Gasteiger partial charge in [-0.3, -0.25) is 9.59 Å². The number of aliphatic hydroxyl groups is 1. The number of nitrogens with one attached hydrogen (secondary N) is 3. The minimum Gasteiger partial charge on any atom is -0.392 e. The van der Waals surface area contributed by atoms with Gasteiger partial charge in [-0.05, 0) is 48.9 Å². The molecule has 6 heteroatoms. The summed E-state index contributed by atoms with van der Waals surface area (Å²) in [5.74, 6) is -0.327. The quantitative estimate of drug-likeness (QED) is 0.656. The normalized spacial score (nSPS) is 11.5. The zero-order chi connectivity index (χ0) is 17.5. The maximum absolute atomic E-state index is 12.2. The number of hydrogen-bond acceptors (Lipinski definition) is 4. The summed E-state index contributed by atoms with van der Waals surface area (Å²) in [6.07, 6.45) is 0. The molecule has 0 radical (unpaired) electrons. The Morgan fingerprint density at radius 2 is 1.62 bits per heavy atom. The van der Waals surface area contributed by atoms with Crippen LogP contribution in [-0.4, -0.2) is 23.0 Å². The van der Waals surface area contributed by atoms with Crippen LogP contribution < -0.4 is 16.0 Å². The number of amides is 2. The molecular weight excluding hydrogens is 306 g/mol. The molecule has 1 atom stereocenters. The molecule has 0 aliphatic heterocycles. The van der Waals surface area contributed by atoms with Crippen LogP contribution in [0.25, 0.3) is 0 Å². The van der Waals surface area contributed by atoms with Crippen LogP contribution in [0.4, 0.5) is 17.1 Å². The molecule has 0 fully saturated rings. The Balaban J connectivity index is 1.94. The molecule has 0 spiro atoms. The molecule has 0 heterocycles. The van der Waals surface area contributed by atoms with Crippen molar-refractivity contribution in [1.29, 1.82) is 0 Å². The Bertz CT molecular complexity index is 714. The maximum atomic E-state index is 12.2. The fourth-order valence-electron chi connectivity index (χ4n) is 2.17. The Hall–Kier alpha value is -2.86. The summed E-state index contributed by atoms with van der Waals surface area (Å²) >= 11 is 0. The van der Waals surface area contributed by atoms with Gasteiger partial charge < -0.3 is 21.1 Å². The highest BCUT2D eigenvalue weighted by Crippen LogP contribution is 2.15. The molecule has 0 bridgehead atoms. The van der Waals surface area contributed by atoms with E-state index in [1.54, 1.807) is 37.3 Å². The lowest BCUT2D eigenvalue weighted by Crippen LogP contribution is -2.31. The van der Waals surface area contributed by atoms with Gasteiger partial charge in [0.15, 0.2) is 0 Å². The first-order valence-electron chi connectivity index (χ1n) is 7.63. The first-order valence-corrected chi connectivity index (χ1v) is 7.63. The van der Waals surface area contributed by atoms with Crippen LogP contribution in [0.3, 0.4) is 0 Å². The average Bonchev–Trinajstić information content (AvgIpc) is 2.56. The second-order valence-corrected chi connectivity index (χ2v) is 5.47. The second kappa shape index (κ2) is 8.12. The van der Waals surface area contributed by atoms with E-state index in [1.165, 1.54) is 6.92 Å². The minimum atomic E-state index is -0.450. The number of benzene rings is 2. The lowest BCUT2D eigenvalue weighted by molar-refractivity contribution is -0.116. The number of rotatable bonds is 6. The number of aliphatic hydroxyl groups excluding tert-OH is 1. The van der Waals surface area contributed by atoms with E-state index in [-0.39, 0.29) is 18.4 Å². The summed E-state index contributed by atoms with van der Waals surface area (Å²) in [6.45, 7) is 3.15. The van der Waals surface area contributed by atoms with Crippen molar-refractivity contribution in [2.45, 2.75) is 26.5 Å². The topological polar surface area (TPSA) is 90.5 Å². The van der Waals surface area contributed by atoms with Gasteiger partial charge in [-0.25, -0.2) is 0 Å². The van der Waals surface area contributed by atoms with E-state index in [9.17, 15) is 9.59 Å². The highest BCUT2D eigenvalue weighted by Gasteiger charge is 2.13. The van der Waals surface area contributed by atoms with Crippen LogP contribution in [0.5, 0.6) is 0 Å². The summed E-state index contributed by atoms with van der Waals surface area (Å²) in [6, 6.07) is 13.7. The van der Waals surface area contributed by atoms with E-state index < -0.39 is 6.04 Å². The molecule has 24 heavy (non-hydrogen) atoms. The SMILES string of the molecule is CC(=O)Nc1ccc(NC(=O)[C@@H](C)Nc2cccc(CO)c2)cc1. The lowest BCUT2D eigenvalue weighted by Gasteiger charge is -2.16. The summed E-state index contributed by atoms with van der Waals surface area (Å²) in [5.41, 5.74) is 2.87. The third-order valence-corrected chi connectivity index (χ3v) is 3.36. The van der Waals surface area contributed by atoms with Crippen molar-refractivity contribution < 1.29 is 14.7 Å². The zero-order valence-electron chi connectivity index (χ0n) is 13.7. The van der Waals surface area contributed by atoms with Gasteiger partial charge in [0.2, 0.25) is 11.8 Å². The first-order chi connectivity index (χ1) is 11.5. The van der Waals surface area contributed by atoms with E-state index in [2.05, 4.69) is 16.0 Å². The molecule has 0 unspecified atom stereocenters. The van der Waals surface area contributed by atoms with Gasteiger partial charge >= 0.3 is 0 Å². The molecule has 0 saturated carbocycles. The van der Waals surface area contributed by atoms with Crippen molar-refractivity contribution in [1.82, 2.24) is 0 Å². The van der Waals surface area contributed by atoms with E-state index in [0.29, 0.717) is 11.4 Å². The van der Waals surface area contributed by atoms with Crippen molar-refractivity contribution in [3.05, 3.63) is 54.1 Å². The highest BCUT2D eigenvalue weighted by atomic mass is 16.3. The Labute approximate surface area is 140 Å². The second-order valence-electron chi connectivity index (χ2n) is 5.47. The molecular formula is C18H21N3O3. The Morgan fingerprint density at radius 1 is 1.00 bits per heavy atom. The third-order valence-electron chi connectivity index (χ3n) is 3.36. The molecule has 4 N–H and O–H groups in total. The molecule has 0 aliphatic carbocycles. The average molecular weight is 327 g/mol. The number of hydrogen-bond donors (Lipinski definition) is 4. The number of carbonyl (C=O) groups excluding carboxylic acids is 2. The smallest absolute Gasteiger partial charge is 0.246 e. The molecule has 2 amide bonds. The van der Waals surface area contributed by atoms with Crippen LogP contribution in [0, 0.1) is 0 Å². The minimum absolute atomic E-state index is 0.0449. The number of carbonyl (C=O) groups is 2. The van der Waals surface area contributed by atoms with Gasteiger partial charge in [0.05, 0.1) is 6.61 Å². The summed E-state index contributed by atoms with van der Waals surface area (Å²) in [4.78, 5) is 23.2. The van der Waals surface area contributed by atoms with E-state index >= 15 is 0 Å². The lowest BCUT2D eigenvalue weighted by atomic mass is 10.2. The van der Waals surface area contributed by atoms with Gasteiger partial charge in [0.1, 0.15) is 6.04 Å². The monoisotopic (exact) mass is 327 g/mol. The van der Waals surface area contributed by atoms with E-state index in [4.69, 9.17) is 5.11 Å². The summed E-state index contributed by atoms with van der Waals surface area (Å²) in [7, 11) is 0. The van der Waals surface area contributed by atoms with Crippen molar-refractivity contribution in [3.8, 4) is 0 Å². The molecule has 0 aromatic heterocycles. The molecule has 2 aromatic rings. The first kappa shape index (κ1) is 17.5. The maximum Gasteiger partial charge on any atom is 0.246 e. The van der Waals surface area contributed by atoms with Gasteiger partial charge in [0, 0.05) is 24.0 Å². The van der Waals surface area contributed by atoms with Crippen molar-refractivity contribution in [2.24, 2.45) is 0 Å². The van der Waals surface area contributed by atoms with Crippen LogP contribution in [0.15, 0.2) is 48.5 Å². The van der Waals surface area contributed by atoms with Crippen LogP contribution in [0.1, 0.15) is 19.4 Å². The van der Waals surface area contributed by atoms with Crippen LogP contribution in [0.2, 0.25) is 0 Å². The van der Waals surface area contributed by atoms with Gasteiger partial charge in [-0.2, -0.15) is 0 Å². The van der Waals surface area contributed by atoms with Gasteiger partial charge in [-0.1, -0.05) is 12.1 Å². The van der Waals surface area contributed by atoms with Crippen LogP contribution in [-0.2, 0) is 16.2 Å². The molecule has 126 valence electrons.